The van der Waals surface area contributed by atoms with Crippen LogP contribution < -0.4 is 0 Å². The van der Waals surface area contributed by atoms with Crippen LogP contribution in [0.2, 0.25) is 0 Å². The second-order valence-electron chi connectivity index (χ2n) is 3.24. The number of ether oxygens (including phenoxy) is 3. The zero-order valence-corrected chi connectivity index (χ0v) is 7.71. The molecule has 0 amide bonds. The lowest BCUT2D eigenvalue weighted by Gasteiger charge is -2.27. The molecule has 1 atom stereocenters. The summed E-state index contributed by atoms with van der Waals surface area (Å²) in [4.78, 5) is 0. The molecule has 0 saturated carbocycles. The van der Waals surface area contributed by atoms with Crippen LogP contribution in [-0.2, 0) is 14.2 Å². The Balaban J connectivity index is 2.48. The van der Waals surface area contributed by atoms with Crippen LogP contribution in [0.1, 0.15) is 12.8 Å². The third-order valence-corrected chi connectivity index (χ3v) is 2.10. The molecule has 0 unspecified atom stereocenters. The van der Waals surface area contributed by atoms with E-state index in [0.29, 0.717) is 13.2 Å². The van der Waals surface area contributed by atoms with E-state index in [9.17, 15) is 0 Å². The average molecular weight is 170 g/mol. The molecule has 0 N–H and O–H groups in total. The van der Waals surface area contributed by atoms with Crippen LogP contribution in [0.3, 0.4) is 0 Å². The summed E-state index contributed by atoms with van der Waals surface area (Å²) in [7, 11) is 8.95. The largest absolute Gasteiger partial charge is 0.382 e. The van der Waals surface area contributed by atoms with Gasteiger partial charge in [0.25, 0.3) is 0 Å². The molecule has 0 aromatic rings. The highest BCUT2D eigenvalue weighted by Gasteiger charge is 2.38. The molecule has 1 rings (SSSR count). The highest BCUT2D eigenvalue weighted by molar-refractivity contribution is 6.11. The Labute approximate surface area is 74.8 Å². The maximum Gasteiger partial charge on any atom is 0.114 e. The zero-order valence-electron chi connectivity index (χ0n) is 7.71. The molecule has 0 aromatic carbocycles. The fraction of sp³-hybridized carbons (Fsp3) is 1.00. The SMILES string of the molecule is [B][C@H]1CCC(COC)(COC)O1. The van der Waals surface area contributed by atoms with Gasteiger partial charge in [0.05, 0.1) is 13.2 Å². The van der Waals surface area contributed by atoms with Crippen molar-refractivity contribution in [2.75, 3.05) is 27.4 Å². The molecular weight excluding hydrogens is 155 g/mol. The van der Waals surface area contributed by atoms with Crippen molar-refractivity contribution in [2.24, 2.45) is 0 Å². The van der Waals surface area contributed by atoms with E-state index in [4.69, 9.17) is 22.1 Å². The van der Waals surface area contributed by atoms with Gasteiger partial charge in [-0.25, -0.2) is 0 Å². The molecule has 1 aliphatic rings. The molecule has 1 saturated heterocycles. The lowest BCUT2D eigenvalue weighted by atomic mass is 9.95. The van der Waals surface area contributed by atoms with E-state index in [1.807, 2.05) is 0 Å². The van der Waals surface area contributed by atoms with Crippen molar-refractivity contribution in [2.45, 2.75) is 24.4 Å². The second kappa shape index (κ2) is 4.26. The summed E-state index contributed by atoms with van der Waals surface area (Å²) in [6.07, 6.45) is 1.79. The first-order chi connectivity index (χ1) is 5.72. The van der Waals surface area contributed by atoms with Crippen molar-refractivity contribution in [3.8, 4) is 0 Å². The summed E-state index contributed by atoms with van der Waals surface area (Å²) in [6, 6.07) is -0.157. The Morgan fingerprint density at radius 2 is 2.00 bits per heavy atom. The van der Waals surface area contributed by atoms with Crippen molar-refractivity contribution in [1.29, 1.82) is 0 Å². The molecular formula is C8H15BO3. The van der Waals surface area contributed by atoms with Crippen LogP contribution >= 0.6 is 0 Å². The van der Waals surface area contributed by atoms with Crippen LogP contribution in [0.4, 0.5) is 0 Å². The standard InChI is InChI=1S/C8H15BO3/c1-10-5-8(6-11-2)4-3-7(9)12-8/h7H,3-6H2,1-2H3/t7-/m1/s1. The number of methoxy groups -OCH3 is 2. The first-order valence-corrected chi connectivity index (χ1v) is 4.14. The maximum atomic E-state index is 5.64. The fourth-order valence-corrected chi connectivity index (χ4v) is 1.62. The van der Waals surface area contributed by atoms with E-state index in [-0.39, 0.29) is 11.6 Å². The van der Waals surface area contributed by atoms with Crippen molar-refractivity contribution in [3.63, 3.8) is 0 Å². The van der Waals surface area contributed by atoms with Gasteiger partial charge >= 0.3 is 0 Å². The molecule has 0 aromatic heterocycles. The molecule has 12 heavy (non-hydrogen) atoms. The minimum Gasteiger partial charge on any atom is -0.382 e. The predicted octanol–water partition coefficient (Wildman–Crippen LogP) is 0.323. The highest BCUT2D eigenvalue weighted by atomic mass is 16.6. The monoisotopic (exact) mass is 170 g/mol. The van der Waals surface area contributed by atoms with Gasteiger partial charge in [-0.2, -0.15) is 0 Å². The van der Waals surface area contributed by atoms with E-state index in [1.54, 1.807) is 14.2 Å². The van der Waals surface area contributed by atoms with Gasteiger partial charge < -0.3 is 14.2 Å². The minimum atomic E-state index is -0.303. The Morgan fingerprint density at radius 1 is 1.42 bits per heavy atom. The summed E-state index contributed by atoms with van der Waals surface area (Å²) in [5, 5.41) is 0. The van der Waals surface area contributed by atoms with Crippen molar-refractivity contribution >= 4 is 7.85 Å². The molecule has 4 heteroatoms. The van der Waals surface area contributed by atoms with E-state index < -0.39 is 0 Å². The van der Waals surface area contributed by atoms with Crippen molar-refractivity contribution in [3.05, 3.63) is 0 Å². The molecule has 3 nitrogen and oxygen atoms in total. The quantitative estimate of drug-likeness (QED) is 0.568. The smallest absolute Gasteiger partial charge is 0.114 e. The van der Waals surface area contributed by atoms with Gasteiger partial charge in [0.2, 0.25) is 0 Å². The summed E-state index contributed by atoms with van der Waals surface area (Å²) in [5.74, 6) is 0. The molecule has 2 radical (unpaired) electrons. The fourth-order valence-electron chi connectivity index (χ4n) is 1.62. The Hall–Kier alpha value is -0.0551. The highest BCUT2D eigenvalue weighted by Crippen LogP contribution is 2.29. The van der Waals surface area contributed by atoms with Crippen LogP contribution in [0, 0.1) is 0 Å². The van der Waals surface area contributed by atoms with E-state index >= 15 is 0 Å². The van der Waals surface area contributed by atoms with E-state index in [0.717, 1.165) is 12.8 Å². The topological polar surface area (TPSA) is 27.7 Å². The van der Waals surface area contributed by atoms with Crippen LogP contribution in [0.15, 0.2) is 0 Å². The zero-order chi connectivity index (χ0) is 9.03. The molecule has 0 bridgehead atoms. The second-order valence-corrected chi connectivity index (χ2v) is 3.24. The predicted molar refractivity (Wildman–Crippen MR) is 46.3 cm³/mol. The van der Waals surface area contributed by atoms with Gasteiger partial charge in [0, 0.05) is 20.2 Å². The van der Waals surface area contributed by atoms with Gasteiger partial charge in [-0.15, -0.1) is 0 Å². The first-order valence-electron chi connectivity index (χ1n) is 4.14. The summed E-state index contributed by atoms with van der Waals surface area (Å²) in [6.45, 7) is 1.10. The summed E-state index contributed by atoms with van der Waals surface area (Å²) < 4.78 is 15.7. The van der Waals surface area contributed by atoms with Crippen LogP contribution in [0.25, 0.3) is 0 Å². The molecule has 0 aliphatic carbocycles. The number of hydrogen-bond donors (Lipinski definition) is 0. The van der Waals surface area contributed by atoms with Gasteiger partial charge in [-0.3, -0.25) is 0 Å². The third-order valence-electron chi connectivity index (χ3n) is 2.10. The number of hydrogen-bond acceptors (Lipinski definition) is 3. The lowest BCUT2D eigenvalue weighted by molar-refractivity contribution is -0.0994. The molecule has 68 valence electrons. The normalized spacial score (nSPS) is 27.7. The molecule has 1 fully saturated rings. The maximum absolute atomic E-state index is 5.64. The third kappa shape index (κ3) is 2.22. The Morgan fingerprint density at radius 3 is 2.33 bits per heavy atom. The molecule has 1 aliphatic heterocycles. The summed E-state index contributed by atoms with van der Waals surface area (Å²) in [5.41, 5.74) is -0.303. The summed E-state index contributed by atoms with van der Waals surface area (Å²) >= 11 is 0. The van der Waals surface area contributed by atoms with Gasteiger partial charge in [0.1, 0.15) is 13.4 Å². The van der Waals surface area contributed by atoms with Gasteiger partial charge in [-0.1, -0.05) is 0 Å². The molecule has 0 spiro atoms. The lowest BCUT2D eigenvalue weighted by Crippen LogP contribution is -2.39. The van der Waals surface area contributed by atoms with Gasteiger partial charge in [0.15, 0.2) is 0 Å². The minimum absolute atomic E-state index is 0.157. The first kappa shape index (κ1) is 10.0. The van der Waals surface area contributed by atoms with Gasteiger partial charge in [-0.05, 0) is 12.8 Å². The van der Waals surface area contributed by atoms with E-state index in [1.165, 1.54) is 0 Å². The van der Waals surface area contributed by atoms with Crippen molar-refractivity contribution in [1.82, 2.24) is 0 Å². The number of rotatable bonds is 4. The average Bonchev–Trinajstić information content (AvgIpc) is 2.34. The van der Waals surface area contributed by atoms with Crippen molar-refractivity contribution < 1.29 is 14.2 Å². The molecule has 1 heterocycles. The van der Waals surface area contributed by atoms with E-state index in [2.05, 4.69) is 0 Å². The van der Waals surface area contributed by atoms with Crippen LogP contribution in [0.5, 0.6) is 0 Å². The Bertz CT molecular complexity index is 129. The Kier molecular flexibility index (Phi) is 3.56. The van der Waals surface area contributed by atoms with Crippen LogP contribution in [-0.4, -0.2) is 46.9 Å².